The highest BCUT2D eigenvalue weighted by Crippen LogP contribution is 2.16. The van der Waals surface area contributed by atoms with Crippen molar-refractivity contribution < 1.29 is 4.74 Å². The van der Waals surface area contributed by atoms with Gasteiger partial charge in [0.1, 0.15) is 5.75 Å². The van der Waals surface area contributed by atoms with Crippen molar-refractivity contribution in [2.24, 2.45) is 0 Å². The second kappa shape index (κ2) is 7.39. The van der Waals surface area contributed by atoms with Crippen LogP contribution in [-0.4, -0.2) is 30.6 Å². The molecule has 1 heterocycles. The van der Waals surface area contributed by atoms with Gasteiger partial charge in [-0.3, -0.25) is 0 Å². The van der Waals surface area contributed by atoms with E-state index in [2.05, 4.69) is 11.8 Å². The third-order valence-corrected chi connectivity index (χ3v) is 3.95. The van der Waals surface area contributed by atoms with Crippen molar-refractivity contribution in [3.05, 3.63) is 24.3 Å². The Morgan fingerprint density at radius 3 is 2.37 bits per heavy atom. The van der Waals surface area contributed by atoms with Crippen LogP contribution in [0.5, 0.6) is 5.75 Å². The van der Waals surface area contributed by atoms with Gasteiger partial charge in [0.25, 0.3) is 0 Å². The molecular weight excluding hydrogens is 236 g/mol. The van der Waals surface area contributed by atoms with Gasteiger partial charge in [0.2, 0.25) is 0 Å². The van der Waals surface area contributed by atoms with E-state index in [1.165, 1.54) is 38.8 Å². The molecule has 0 spiro atoms. The first-order valence-corrected chi connectivity index (χ1v) is 7.48. The molecule has 1 atom stereocenters. The molecule has 106 valence electrons. The molecule has 0 aromatic heterocycles. The van der Waals surface area contributed by atoms with Gasteiger partial charge >= 0.3 is 0 Å². The second-order valence-corrected chi connectivity index (χ2v) is 5.51. The zero-order valence-corrected chi connectivity index (χ0v) is 12.0. The molecule has 1 aromatic carbocycles. The first-order chi connectivity index (χ1) is 9.25. The van der Waals surface area contributed by atoms with Crippen LogP contribution in [0.1, 0.15) is 39.0 Å². The highest BCUT2D eigenvalue weighted by atomic mass is 16.5. The summed E-state index contributed by atoms with van der Waals surface area (Å²) in [5, 5.41) is 0. The van der Waals surface area contributed by atoms with Crippen molar-refractivity contribution in [1.82, 2.24) is 4.90 Å². The lowest BCUT2D eigenvalue weighted by molar-refractivity contribution is 0.179. The number of likely N-dealkylation sites (tertiary alicyclic amines) is 1. The Morgan fingerprint density at radius 1 is 1.11 bits per heavy atom. The highest BCUT2D eigenvalue weighted by molar-refractivity contribution is 5.41. The fraction of sp³-hybridized carbons (Fsp3) is 0.625. The van der Waals surface area contributed by atoms with Gasteiger partial charge in [-0.2, -0.15) is 0 Å². The summed E-state index contributed by atoms with van der Waals surface area (Å²) in [5.41, 5.74) is 6.44. The summed E-state index contributed by atoms with van der Waals surface area (Å²) < 4.78 is 5.77. The predicted octanol–water partition coefficient (Wildman–Crippen LogP) is 3.30. The van der Waals surface area contributed by atoms with Gasteiger partial charge in [-0.1, -0.05) is 12.8 Å². The third-order valence-electron chi connectivity index (χ3n) is 3.95. The maximum atomic E-state index is 5.77. The Morgan fingerprint density at radius 2 is 1.74 bits per heavy atom. The average Bonchev–Trinajstić information content (AvgIpc) is 2.70. The lowest BCUT2D eigenvalue weighted by Gasteiger charge is -2.27. The van der Waals surface area contributed by atoms with Crippen LogP contribution in [0, 0.1) is 0 Å². The van der Waals surface area contributed by atoms with Crippen LogP contribution in [0.25, 0.3) is 0 Å². The fourth-order valence-corrected chi connectivity index (χ4v) is 2.63. The van der Waals surface area contributed by atoms with Crippen molar-refractivity contribution in [2.45, 2.75) is 45.1 Å². The number of nitrogen functional groups attached to an aromatic ring is 1. The molecule has 1 unspecified atom stereocenters. The molecule has 1 saturated heterocycles. The summed E-state index contributed by atoms with van der Waals surface area (Å²) in [6.07, 6.45) is 6.58. The maximum Gasteiger partial charge on any atom is 0.119 e. The van der Waals surface area contributed by atoms with E-state index < -0.39 is 0 Å². The van der Waals surface area contributed by atoms with Gasteiger partial charge in [0.15, 0.2) is 0 Å². The molecule has 0 amide bonds. The molecule has 3 nitrogen and oxygen atoms in total. The molecular formula is C16H26N2O. The van der Waals surface area contributed by atoms with Gasteiger partial charge in [-0.25, -0.2) is 0 Å². The van der Waals surface area contributed by atoms with Crippen molar-refractivity contribution in [1.29, 1.82) is 0 Å². The quantitative estimate of drug-likeness (QED) is 0.827. The predicted molar refractivity (Wildman–Crippen MR) is 80.5 cm³/mol. The topological polar surface area (TPSA) is 38.5 Å². The third kappa shape index (κ3) is 4.75. The summed E-state index contributed by atoms with van der Waals surface area (Å²) in [7, 11) is 0. The average molecular weight is 262 g/mol. The van der Waals surface area contributed by atoms with Gasteiger partial charge in [-0.05, 0) is 63.5 Å². The van der Waals surface area contributed by atoms with E-state index in [4.69, 9.17) is 10.5 Å². The number of hydrogen-bond acceptors (Lipinski definition) is 3. The lowest BCUT2D eigenvalue weighted by Crippen LogP contribution is -2.34. The van der Waals surface area contributed by atoms with Crippen molar-refractivity contribution >= 4 is 5.69 Å². The van der Waals surface area contributed by atoms with E-state index in [-0.39, 0.29) is 0 Å². The molecule has 0 bridgehead atoms. The van der Waals surface area contributed by atoms with E-state index in [0.717, 1.165) is 24.5 Å². The summed E-state index contributed by atoms with van der Waals surface area (Å²) in [4.78, 5) is 2.61. The van der Waals surface area contributed by atoms with E-state index in [9.17, 15) is 0 Å². The van der Waals surface area contributed by atoms with Crippen molar-refractivity contribution in [3.8, 4) is 5.75 Å². The maximum absolute atomic E-state index is 5.77. The van der Waals surface area contributed by atoms with Crippen LogP contribution >= 0.6 is 0 Å². The van der Waals surface area contributed by atoms with Crippen LogP contribution in [0.15, 0.2) is 24.3 Å². The normalized spacial score (nSPS) is 18.8. The van der Waals surface area contributed by atoms with Gasteiger partial charge in [0, 0.05) is 11.7 Å². The fourth-order valence-electron chi connectivity index (χ4n) is 2.63. The number of ether oxygens (including phenoxy) is 1. The molecule has 0 radical (unpaired) electrons. The standard InChI is InChI=1S/C16H26N2O/c1-14(18-11-4-2-3-5-12-18)10-13-19-16-8-6-15(17)7-9-16/h6-9,14H,2-5,10-13,17H2,1H3. The number of nitrogens with two attached hydrogens (primary N) is 1. The minimum Gasteiger partial charge on any atom is -0.494 e. The van der Waals surface area contributed by atoms with Crippen LogP contribution in [0.4, 0.5) is 5.69 Å². The second-order valence-electron chi connectivity index (χ2n) is 5.51. The monoisotopic (exact) mass is 262 g/mol. The van der Waals surface area contributed by atoms with Crippen molar-refractivity contribution in [3.63, 3.8) is 0 Å². The largest absolute Gasteiger partial charge is 0.494 e. The van der Waals surface area contributed by atoms with Crippen molar-refractivity contribution in [2.75, 3.05) is 25.4 Å². The molecule has 3 heteroatoms. The van der Waals surface area contributed by atoms with E-state index in [0.29, 0.717) is 6.04 Å². The Bertz CT molecular complexity index is 356. The van der Waals surface area contributed by atoms with Crippen LogP contribution in [0.2, 0.25) is 0 Å². The molecule has 1 aliphatic rings. The van der Waals surface area contributed by atoms with Crippen LogP contribution < -0.4 is 10.5 Å². The number of benzene rings is 1. The lowest BCUT2D eigenvalue weighted by atomic mass is 10.2. The van der Waals surface area contributed by atoms with E-state index >= 15 is 0 Å². The van der Waals surface area contributed by atoms with Gasteiger partial charge in [-0.15, -0.1) is 0 Å². The zero-order chi connectivity index (χ0) is 13.5. The molecule has 1 fully saturated rings. The molecule has 1 aromatic rings. The number of nitrogens with zero attached hydrogens (tertiary/aromatic N) is 1. The van der Waals surface area contributed by atoms with Gasteiger partial charge < -0.3 is 15.4 Å². The molecule has 0 saturated carbocycles. The first kappa shape index (κ1) is 14.2. The molecule has 0 aliphatic carbocycles. The minimum atomic E-state index is 0.617. The Hall–Kier alpha value is -1.22. The van der Waals surface area contributed by atoms with E-state index in [1.54, 1.807) is 0 Å². The number of hydrogen-bond donors (Lipinski definition) is 1. The van der Waals surface area contributed by atoms with Crippen LogP contribution in [0.3, 0.4) is 0 Å². The molecule has 1 aliphatic heterocycles. The molecule has 2 rings (SSSR count). The Labute approximate surface area is 116 Å². The molecule has 2 N–H and O–H groups in total. The SMILES string of the molecule is CC(CCOc1ccc(N)cc1)N1CCCCCC1. The summed E-state index contributed by atoms with van der Waals surface area (Å²) in [5.74, 6) is 0.914. The van der Waals surface area contributed by atoms with Crippen LogP contribution in [-0.2, 0) is 0 Å². The first-order valence-electron chi connectivity index (χ1n) is 7.48. The molecule has 19 heavy (non-hydrogen) atoms. The summed E-state index contributed by atoms with van der Waals surface area (Å²) >= 11 is 0. The minimum absolute atomic E-state index is 0.617. The van der Waals surface area contributed by atoms with Gasteiger partial charge in [0.05, 0.1) is 6.61 Å². The smallest absolute Gasteiger partial charge is 0.119 e. The summed E-state index contributed by atoms with van der Waals surface area (Å²) in [6, 6.07) is 8.26. The summed E-state index contributed by atoms with van der Waals surface area (Å²) in [6.45, 7) is 5.60. The highest BCUT2D eigenvalue weighted by Gasteiger charge is 2.15. The number of anilines is 1. The van der Waals surface area contributed by atoms with E-state index in [1.807, 2.05) is 24.3 Å². The number of rotatable bonds is 5. The Kier molecular flexibility index (Phi) is 5.52. The zero-order valence-electron chi connectivity index (χ0n) is 12.0. The Balaban J connectivity index is 1.70.